The molecule has 2 fully saturated rings. The quantitative estimate of drug-likeness (QED) is 0.837. The van der Waals surface area contributed by atoms with Crippen molar-refractivity contribution in [2.24, 2.45) is 0 Å². The average molecular weight is 318 g/mol. The molecule has 23 heavy (non-hydrogen) atoms. The molecule has 5 heteroatoms. The van der Waals surface area contributed by atoms with Crippen molar-refractivity contribution in [3.05, 3.63) is 18.2 Å². The fourth-order valence-corrected chi connectivity index (χ4v) is 4.15. The standard InChI is InChI=1S/C18H30N4O/c1-3-21-12-10-19-18(21)15-7-6-11-22(13-15)17(23)14-20(2)16-8-4-5-9-16/h10,12,15-16H,3-9,11,13-14H2,1-2H3/t15-/m1/s1. The van der Waals surface area contributed by atoms with Gasteiger partial charge in [0.15, 0.2) is 0 Å². The number of likely N-dealkylation sites (tertiary alicyclic amines) is 1. The van der Waals surface area contributed by atoms with Crippen LogP contribution in [0.4, 0.5) is 0 Å². The Balaban J connectivity index is 1.58. The Labute approximate surface area is 139 Å². The number of amides is 1. The number of carbonyl (C=O) groups is 1. The van der Waals surface area contributed by atoms with Gasteiger partial charge in [-0.05, 0) is 39.7 Å². The molecule has 1 atom stereocenters. The van der Waals surface area contributed by atoms with Gasteiger partial charge in [-0.3, -0.25) is 9.69 Å². The highest BCUT2D eigenvalue weighted by Crippen LogP contribution is 2.27. The lowest BCUT2D eigenvalue weighted by Gasteiger charge is -2.34. The minimum Gasteiger partial charge on any atom is -0.341 e. The van der Waals surface area contributed by atoms with Crippen LogP contribution in [0.15, 0.2) is 12.4 Å². The molecule has 2 aliphatic rings. The van der Waals surface area contributed by atoms with Gasteiger partial charge >= 0.3 is 0 Å². The molecule has 0 bridgehead atoms. The van der Waals surface area contributed by atoms with Crippen molar-refractivity contribution in [1.82, 2.24) is 19.4 Å². The molecule has 1 aromatic rings. The van der Waals surface area contributed by atoms with E-state index in [9.17, 15) is 4.79 Å². The molecule has 128 valence electrons. The van der Waals surface area contributed by atoms with Crippen molar-refractivity contribution < 1.29 is 4.79 Å². The molecule has 5 nitrogen and oxygen atoms in total. The molecule has 0 spiro atoms. The van der Waals surface area contributed by atoms with Crippen molar-refractivity contribution in [2.45, 2.75) is 64.0 Å². The maximum atomic E-state index is 12.7. The second-order valence-electron chi connectivity index (χ2n) is 7.10. The first-order valence-corrected chi connectivity index (χ1v) is 9.18. The Morgan fingerprint density at radius 3 is 2.83 bits per heavy atom. The lowest BCUT2D eigenvalue weighted by atomic mass is 9.97. The lowest BCUT2D eigenvalue weighted by Crippen LogP contribution is -2.45. The Kier molecular flexibility index (Phi) is 5.36. The van der Waals surface area contributed by atoms with E-state index in [4.69, 9.17) is 0 Å². The van der Waals surface area contributed by atoms with E-state index in [-0.39, 0.29) is 0 Å². The predicted molar refractivity (Wildman–Crippen MR) is 91.3 cm³/mol. The van der Waals surface area contributed by atoms with Gasteiger partial charge in [-0.1, -0.05) is 12.8 Å². The van der Waals surface area contributed by atoms with Crippen molar-refractivity contribution >= 4 is 5.91 Å². The molecule has 1 amide bonds. The van der Waals surface area contributed by atoms with Crippen LogP contribution in [0.1, 0.15) is 57.2 Å². The normalized spacial score (nSPS) is 22.9. The minimum atomic E-state index is 0.290. The Morgan fingerprint density at radius 2 is 2.09 bits per heavy atom. The van der Waals surface area contributed by atoms with Crippen LogP contribution in [0, 0.1) is 0 Å². The fourth-order valence-electron chi connectivity index (χ4n) is 4.15. The van der Waals surface area contributed by atoms with Gasteiger partial charge in [0.05, 0.1) is 6.54 Å². The molecule has 1 aliphatic carbocycles. The van der Waals surface area contributed by atoms with Gasteiger partial charge in [-0.2, -0.15) is 0 Å². The second kappa shape index (κ2) is 7.47. The number of piperidine rings is 1. The molecule has 0 unspecified atom stereocenters. The van der Waals surface area contributed by atoms with Crippen LogP contribution in [0.3, 0.4) is 0 Å². The molecule has 0 radical (unpaired) electrons. The molecule has 3 rings (SSSR count). The molecule has 0 aromatic carbocycles. The predicted octanol–water partition coefficient (Wildman–Crippen LogP) is 2.48. The van der Waals surface area contributed by atoms with Crippen molar-refractivity contribution in [1.29, 1.82) is 0 Å². The first kappa shape index (κ1) is 16.5. The number of rotatable bonds is 5. The van der Waals surface area contributed by atoms with Crippen LogP contribution in [-0.2, 0) is 11.3 Å². The lowest BCUT2D eigenvalue weighted by molar-refractivity contribution is -0.133. The maximum absolute atomic E-state index is 12.7. The largest absolute Gasteiger partial charge is 0.341 e. The van der Waals surface area contributed by atoms with Gasteiger partial charge in [0.1, 0.15) is 5.82 Å². The summed E-state index contributed by atoms with van der Waals surface area (Å²) in [6, 6.07) is 0.610. The zero-order chi connectivity index (χ0) is 16.2. The third-order valence-electron chi connectivity index (χ3n) is 5.56. The van der Waals surface area contributed by atoms with Crippen LogP contribution >= 0.6 is 0 Å². The first-order chi connectivity index (χ1) is 11.2. The van der Waals surface area contributed by atoms with E-state index in [2.05, 4.69) is 33.3 Å². The van der Waals surface area contributed by atoms with Gasteiger partial charge in [0.2, 0.25) is 5.91 Å². The fraction of sp³-hybridized carbons (Fsp3) is 0.778. The van der Waals surface area contributed by atoms with Crippen molar-refractivity contribution in [2.75, 3.05) is 26.7 Å². The summed E-state index contributed by atoms with van der Waals surface area (Å²) < 4.78 is 2.21. The molecule has 1 aliphatic heterocycles. The van der Waals surface area contributed by atoms with Gasteiger partial charge in [0.25, 0.3) is 0 Å². The highest BCUT2D eigenvalue weighted by molar-refractivity contribution is 5.78. The summed E-state index contributed by atoms with van der Waals surface area (Å²) in [5, 5.41) is 0. The highest BCUT2D eigenvalue weighted by atomic mass is 16.2. The number of carbonyl (C=O) groups excluding carboxylic acids is 1. The van der Waals surface area contributed by atoms with E-state index >= 15 is 0 Å². The Morgan fingerprint density at radius 1 is 1.30 bits per heavy atom. The maximum Gasteiger partial charge on any atom is 0.236 e. The third kappa shape index (κ3) is 3.77. The Hall–Kier alpha value is -1.36. The molecule has 1 saturated heterocycles. The number of imidazole rings is 1. The molecule has 1 saturated carbocycles. The van der Waals surface area contributed by atoms with Crippen LogP contribution in [0.2, 0.25) is 0 Å². The summed E-state index contributed by atoms with van der Waals surface area (Å²) >= 11 is 0. The third-order valence-corrected chi connectivity index (χ3v) is 5.56. The molecule has 0 N–H and O–H groups in total. The summed E-state index contributed by atoms with van der Waals surface area (Å²) in [7, 11) is 2.11. The summed E-state index contributed by atoms with van der Waals surface area (Å²) in [6.07, 6.45) is 11.3. The zero-order valence-electron chi connectivity index (χ0n) is 14.6. The van der Waals surface area contributed by atoms with Crippen LogP contribution in [0.25, 0.3) is 0 Å². The molecule has 1 aromatic heterocycles. The van der Waals surface area contributed by atoms with Crippen molar-refractivity contribution in [3.8, 4) is 0 Å². The molecular weight excluding hydrogens is 288 g/mol. The second-order valence-corrected chi connectivity index (χ2v) is 7.10. The van der Waals surface area contributed by atoms with Gasteiger partial charge in [-0.25, -0.2) is 4.98 Å². The van der Waals surface area contributed by atoms with Crippen LogP contribution in [0.5, 0.6) is 0 Å². The zero-order valence-corrected chi connectivity index (χ0v) is 14.6. The number of likely N-dealkylation sites (N-methyl/N-ethyl adjacent to an activating group) is 1. The van der Waals surface area contributed by atoms with Gasteiger partial charge in [0, 0.05) is 44.0 Å². The smallest absolute Gasteiger partial charge is 0.236 e. The summed E-state index contributed by atoms with van der Waals surface area (Å²) in [4.78, 5) is 21.6. The first-order valence-electron chi connectivity index (χ1n) is 9.18. The van der Waals surface area contributed by atoms with E-state index in [1.54, 1.807) is 0 Å². The topological polar surface area (TPSA) is 41.4 Å². The monoisotopic (exact) mass is 318 g/mol. The highest BCUT2D eigenvalue weighted by Gasteiger charge is 2.29. The average Bonchev–Trinajstić information content (AvgIpc) is 3.26. The summed E-state index contributed by atoms with van der Waals surface area (Å²) in [6.45, 7) is 5.40. The number of hydrogen-bond acceptors (Lipinski definition) is 3. The van der Waals surface area contributed by atoms with E-state index in [0.717, 1.165) is 38.3 Å². The minimum absolute atomic E-state index is 0.290. The SMILES string of the molecule is CCn1ccnc1[C@@H]1CCCN(C(=O)CN(C)C2CCCC2)C1. The number of aromatic nitrogens is 2. The van der Waals surface area contributed by atoms with Crippen molar-refractivity contribution in [3.63, 3.8) is 0 Å². The van der Waals surface area contributed by atoms with Gasteiger partial charge in [-0.15, -0.1) is 0 Å². The Bertz CT molecular complexity index is 521. The van der Waals surface area contributed by atoms with E-state index in [1.807, 2.05) is 12.4 Å². The van der Waals surface area contributed by atoms with E-state index in [1.165, 1.54) is 25.7 Å². The summed E-state index contributed by atoms with van der Waals surface area (Å²) in [5.74, 6) is 1.83. The molecule has 2 heterocycles. The van der Waals surface area contributed by atoms with Gasteiger partial charge < -0.3 is 9.47 Å². The van der Waals surface area contributed by atoms with Crippen LogP contribution in [-0.4, -0.2) is 58.0 Å². The van der Waals surface area contributed by atoms with Crippen LogP contribution < -0.4 is 0 Å². The number of nitrogens with zero attached hydrogens (tertiary/aromatic N) is 4. The number of hydrogen-bond donors (Lipinski definition) is 0. The molecular formula is C18H30N4O. The summed E-state index contributed by atoms with van der Waals surface area (Å²) in [5.41, 5.74) is 0. The van der Waals surface area contributed by atoms with E-state index < -0.39 is 0 Å². The number of aryl methyl sites for hydroxylation is 1. The van der Waals surface area contributed by atoms with E-state index in [0.29, 0.717) is 24.4 Å².